The van der Waals surface area contributed by atoms with E-state index in [1.807, 2.05) is 0 Å². The molecule has 0 bridgehead atoms. The summed E-state index contributed by atoms with van der Waals surface area (Å²) >= 11 is 3.17. The minimum Gasteiger partial charge on any atom is -0.485 e. The molecule has 15 heavy (non-hydrogen) atoms. The zero-order valence-electron chi connectivity index (χ0n) is 8.00. The molecule has 1 aromatic rings. The van der Waals surface area contributed by atoms with E-state index in [1.54, 1.807) is 0 Å². The molecule has 1 fully saturated rings. The Morgan fingerprint density at radius 3 is 2.87 bits per heavy atom. The van der Waals surface area contributed by atoms with Crippen molar-refractivity contribution in [1.82, 2.24) is 0 Å². The van der Waals surface area contributed by atoms with Crippen molar-refractivity contribution in [3.05, 3.63) is 28.5 Å². The third-order valence-corrected chi connectivity index (χ3v) is 2.92. The highest BCUT2D eigenvalue weighted by Crippen LogP contribution is 2.31. The highest BCUT2D eigenvalue weighted by atomic mass is 79.9. The molecule has 80 valence electrons. The second-order valence-corrected chi connectivity index (χ2v) is 4.46. The molecule has 2 nitrogen and oxygen atoms in total. The van der Waals surface area contributed by atoms with E-state index < -0.39 is 0 Å². The fourth-order valence-corrected chi connectivity index (χ4v) is 1.73. The lowest BCUT2D eigenvalue weighted by Gasteiger charge is -2.06. The monoisotopic (exact) mass is 272 g/mol. The minimum absolute atomic E-state index is 0.0783. The Bertz CT molecular complexity index is 388. The second-order valence-electron chi connectivity index (χ2n) is 3.60. The van der Waals surface area contributed by atoms with Crippen LogP contribution < -0.4 is 4.74 Å². The predicted molar refractivity (Wildman–Crippen MR) is 57.3 cm³/mol. The lowest BCUT2D eigenvalue weighted by atomic mass is 10.3. The van der Waals surface area contributed by atoms with Crippen LogP contribution in [0.25, 0.3) is 0 Å². The summed E-state index contributed by atoms with van der Waals surface area (Å²) in [4.78, 5) is 11.3. The fraction of sp³-hybridized carbons (Fsp3) is 0.364. The highest BCUT2D eigenvalue weighted by Gasteiger charge is 2.29. The second kappa shape index (κ2) is 4.31. The normalized spacial score (nSPS) is 15.1. The molecule has 0 saturated heterocycles. The van der Waals surface area contributed by atoms with Crippen molar-refractivity contribution in [2.45, 2.75) is 12.8 Å². The van der Waals surface area contributed by atoms with Gasteiger partial charge in [0.1, 0.15) is 18.2 Å². The van der Waals surface area contributed by atoms with E-state index in [0.717, 1.165) is 12.8 Å². The van der Waals surface area contributed by atoms with E-state index in [1.165, 1.54) is 18.2 Å². The summed E-state index contributed by atoms with van der Waals surface area (Å²) < 4.78 is 18.6. The van der Waals surface area contributed by atoms with Crippen LogP contribution in [0.2, 0.25) is 0 Å². The van der Waals surface area contributed by atoms with E-state index in [4.69, 9.17) is 4.74 Å². The zero-order chi connectivity index (χ0) is 10.8. The molecule has 0 unspecified atom stereocenters. The molecular weight excluding hydrogens is 263 g/mol. The van der Waals surface area contributed by atoms with Crippen molar-refractivity contribution in [3.63, 3.8) is 0 Å². The highest BCUT2D eigenvalue weighted by molar-refractivity contribution is 9.10. The first-order valence-corrected chi connectivity index (χ1v) is 5.56. The van der Waals surface area contributed by atoms with Gasteiger partial charge in [-0.1, -0.05) is 0 Å². The van der Waals surface area contributed by atoms with Gasteiger partial charge in [0.15, 0.2) is 5.78 Å². The molecule has 4 heteroatoms. The van der Waals surface area contributed by atoms with E-state index >= 15 is 0 Å². The number of carbonyl (C=O) groups excluding carboxylic acids is 1. The van der Waals surface area contributed by atoms with Crippen molar-refractivity contribution in [1.29, 1.82) is 0 Å². The minimum atomic E-state index is -0.331. The van der Waals surface area contributed by atoms with Gasteiger partial charge in [-0.2, -0.15) is 0 Å². The third kappa shape index (κ3) is 2.78. The number of halogens is 2. The Morgan fingerprint density at radius 2 is 2.27 bits per heavy atom. The van der Waals surface area contributed by atoms with Gasteiger partial charge in [-0.15, -0.1) is 0 Å². The molecule has 0 heterocycles. The molecule has 0 atom stereocenters. The van der Waals surface area contributed by atoms with Gasteiger partial charge in [-0.25, -0.2) is 4.39 Å². The summed E-state index contributed by atoms with van der Waals surface area (Å²) in [7, 11) is 0. The predicted octanol–water partition coefficient (Wildman–Crippen LogP) is 2.95. The van der Waals surface area contributed by atoms with Gasteiger partial charge in [-0.3, -0.25) is 4.79 Å². The maximum Gasteiger partial charge on any atom is 0.173 e. The Hall–Kier alpha value is -0.900. The van der Waals surface area contributed by atoms with Crippen LogP contribution in [0.15, 0.2) is 22.7 Å². The van der Waals surface area contributed by atoms with Crippen LogP contribution in [0.3, 0.4) is 0 Å². The van der Waals surface area contributed by atoms with E-state index in [-0.39, 0.29) is 24.1 Å². The first-order valence-electron chi connectivity index (χ1n) is 4.77. The molecule has 0 spiro atoms. The van der Waals surface area contributed by atoms with Crippen LogP contribution in [-0.4, -0.2) is 12.4 Å². The van der Waals surface area contributed by atoms with Gasteiger partial charge in [0.25, 0.3) is 0 Å². The third-order valence-electron chi connectivity index (χ3n) is 2.30. The van der Waals surface area contributed by atoms with Gasteiger partial charge in [0.2, 0.25) is 0 Å². The molecule has 1 saturated carbocycles. The van der Waals surface area contributed by atoms with Gasteiger partial charge in [0, 0.05) is 5.92 Å². The summed E-state index contributed by atoms with van der Waals surface area (Å²) in [5.41, 5.74) is 0. The van der Waals surface area contributed by atoms with Crippen LogP contribution in [0.5, 0.6) is 5.75 Å². The van der Waals surface area contributed by atoms with Gasteiger partial charge in [0.05, 0.1) is 4.47 Å². The largest absolute Gasteiger partial charge is 0.485 e. The molecular formula is C11H10BrFO2. The molecule has 1 aromatic carbocycles. The number of ketones is 1. The maximum absolute atomic E-state index is 12.7. The van der Waals surface area contributed by atoms with Crippen LogP contribution >= 0.6 is 15.9 Å². The van der Waals surface area contributed by atoms with Crippen molar-refractivity contribution in [3.8, 4) is 5.75 Å². The Labute approximate surface area is 95.6 Å². The summed E-state index contributed by atoms with van der Waals surface area (Å²) in [6.45, 7) is 0.0783. The van der Waals surface area contributed by atoms with E-state index in [9.17, 15) is 9.18 Å². The first kappa shape index (κ1) is 10.6. The van der Waals surface area contributed by atoms with Crippen molar-refractivity contribution in [2.75, 3.05) is 6.61 Å². The molecule has 0 radical (unpaired) electrons. The number of Topliss-reactive ketones (excluding diaryl/α,β-unsaturated/α-hetero) is 1. The Balaban J connectivity index is 1.95. The molecule has 1 aliphatic carbocycles. The smallest absolute Gasteiger partial charge is 0.173 e. The number of ether oxygens (including phenoxy) is 1. The molecule has 0 N–H and O–H groups in total. The number of rotatable bonds is 4. The molecule has 0 aromatic heterocycles. The Morgan fingerprint density at radius 1 is 1.53 bits per heavy atom. The summed E-state index contributed by atoms with van der Waals surface area (Å²) in [6, 6.07) is 4.14. The average molecular weight is 273 g/mol. The SMILES string of the molecule is O=C(COc1ccc(F)cc1Br)C1CC1. The fourth-order valence-electron chi connectivity index (χ4n) is 1.26. The molecule has 0 aliphatic heterocycles. The van der Waals surface area contributed by atoms with Crippen LogP contribution in [0.4, 0.5) is 4.39 Å². The summed E-state index contributed by atoms with van der Waals surface area (Å²) in [5.74, 6) is 0.503. The summed E-state index contributed by atoms with van der Waals surface area (Å²) in [5, 5.41) is 0. The Kier molecular flexibility index (Phi) is 3.05. The van der Waals surface area contributed by atoms with Crippen molar-refractivity contribution < 1.29 is 13.9 Å². The molecule has 0 amide bonds. The van der Waals surface area contributed by atoms with Crippen molar-refractivity contribution >= 4 is 21.7 Å². The standard InChI is InChI=1S/C11H10BrFO2/c12-9-5-8(13)3-4-11(9)15-6-10(14)7-1-2-7/h3-5,7H,1-2,6H2. The molecule has 1 aliphatic rings. The summed E-state index contributed by atoms with van der Waals surface area (Å²) in [6.07, 6.45) is 1.96. The number of hydrogen-bond acceptors (Lipinski definition) is 2. The number of benzene rings is 1. The van der Waals surface area contributed by atoms with Gasteiger partial charge >= 0.3 is 0 Å². The van der Waals surface area contributed by atoms with Gasteiger partial charge in [-0.05, 0) is 47.0 Å². The van der Waals surface area contributed by atoms with Crippen LogP contribution in [-0.2, 0) is 4.79 Å². The number of carbonyl (C=O) groups is 1. The van der Waals surface area contributed by atoms with Crippen molar-refractivity contribution in [2.24, 2.45) is 5.92 Å². The van der Waals surface area contributed by atoms with Crippen LogP contribution in [0, 0.1) is 11.7 Å². The average Bonchev–Trinajstić information content (AvgIpc) is 2.99. The number of hydrogen-bond donors (Lipinski definition) is 0. The van der Waals surface area contributed by atoms with E-state index in [0.29, 0.717) is 10.2 Å². The quantitative estimate of drug-likeness (QED) is 0.843. The van der Waals surface area contributed by atoms with Gasteiger partial charge < -0.3 is 4.74 Å². The molecule has 2 rings (SSSR count). The van der Waals surface area contributed by atoms with Crippen LogP contribution in [0.1, 0.15) is 12.8 Å². The topological polar surface area (TPSA) is 26.3 Å². The van der Waals surface area contributed by atoms with E-state index in [2.05, 4.69) is 15.9 Å². The first-order chi connectivity index (χ1) is 7.16. The maximum atomic E-state index is 12.7. The zero-order valence-corrected chi connectivity index (χ0v) is 9.59. The lowest BCUT2D eigenvalue weighted by Crippen LogP contribution is -2.12. The lowest BCUT2D eigenvalue weighted by molar-refractivity contribution is -0.122.